The molecule has 1 nitrogen and oxygen atoms in total. The normalized spacial score (nSPS) is 11.0. The van der Waals surface area contributed by atoms with Gasteiger partial charge in [0, 0.05) is 21.2 Å². The molecular weight excluding hydrogens is 621 g/mol. The van der Waals surface area contributed by atoms with Gasteiger partial charge >= 0.3 is 0 Å². The van der Waals surface area contributed by atoms with Crippen molar-refractivity contribution in [3.05, 3.63) is 64.3 Å². The summed E-state index contributed by atoms with van der Waals surface area (Å²) in [5.41, 5.74) is 1.80. The Bertz CT molecular complexity index is 693. The summed E-state index contributed by atoms with van der Waals surface area (Å²) in [4.78, 5) is 13.3. The lowest BCUT2D eigenvalue weighted by molar-refractivity contribution is 0.104. The molecule has 0 saturated heterocycles. The minimum absolute atomic E-state index is 0.0343. The van der Waals surface area contributed by atoms with Gasteiger partial charge in [-0.3, -0.25) is 4.79 Å². The lowest BCUT2D eigenvalue weighted by Crippen LogP contribution is -1.94. The predicted octanol–water partition coefficient (Wildman–Crippen LogP) is 6.12. The van der Waals surface area contributed by atoms with Crippen LogP contribution in [0.3, 0.4) is 0 Å². The molecule has 0 spiro atoms. The fourth-order valence-electron chi connectivity index (χ4n) is 1.69. The van der Waals surface area contributed by atoms with Crippen LogP contribution in [-0.4, -0.2) is 12.0 Å². The molecule has 0 aliphatic heterocycles. The van der Waals surface area contributed by atoms with E-state index in [9.17, 15) is 4.79 Å². The third kappa shape index (κ3) is 4.68. The Kier molecular flexibility index (Phi) is 7.01. The van der Waals surface area contributed by atoms with E-state index in [-0.39, 0.29) is 5.78 Å². The van der Waals surface area contributed by atoms with Gasteiger partial charge in [0.1, 0.15) is 0 Å². The minimum atomic E-state index is 0.0343. The summed E-state index contributed by atoms with van der Waals surface area (Å²) < 4.78 is 3.64. The number of hydrogen-bond acceptors (Lipinski definition) is 2. The first kappa shape index (κ1) is 17.7. The van der Waals surface area contributed by atoms with E-state index in [1.54, 1.807) is 17.8 Å². The molecule has 0 fully saturated rings. The number of thioether (sulfide) groups is 1. The monoisotopic (exact) mass is 632 g/mol. The third-order valence-corrected chi connectivity index (χ3v) is 8.84. The summed E-state index contributed by atoms with van der Waals surface area (Å²) in [5, 5.41) is 0. The van der Waals surface area contributed by atoms with E-state index in [1.807, 2.05) is 42.7 Å². The van der Waals surface area contributed by atoms with Crippen molar-refractivity contribution < 1.29 is 4.79 Å². The predicted molar refractivity (Wildman–Crippen MR) is 116 cm³/mol. The van der Waals surface area contributed by atoms with Crippen molar-refractivity contribution in [1.82, 2.24) is 0 Å². The van der Waals surface area contributed by atoms with Gasteiger partial charge in [0.2, 0.25) is 0 Å². The van der Waals surface area contributed by atoms with Crippen LogP contribution in [0.25, 0.3) is 6.08 Å². The van der Waals surface area contributed by atoms with Crippen LogP contribution in [-0.2, 0) is 0 Å². The van der Waals surface area contributed by atoms with E-state index in [0.29, 0.717) is 0 Å². The fourth-order valence-corrected chi connectivity index (χ4v) is 4.20. The standard InChI is InChI=1S/C16H11I3OS/c1-21-12-6-2-10(3-7-12)14(20)9-5-11-4-8-13(17)16(19)15(11)18/h2-9H,1H3/b9-5+. The largest absolute Gasteiger partial charge is 0.289 e. The average molecular weight is 632 g/mol. The van der Waals surface area contributed by atoms with Crippen molar-refractivity contribution in [2.75, 3.05) is 6.26 Å². The van der Waals surface area contributed by atoms with E-state index in [4.69, 9.17) is 0 Å². The van der Waals surface area contributed by atoms with E-state index in [1.165, 1.54) is 10.7 Å². The average Bonchev–Trinajstić information content (AvgIpc) is 2.52. The van der Waals surface area contributed by atoms with Crippen LogP contribution >= 0.6 is 79.5 Å². The summed E-state index contributed by atoms with van der Waals surface area (Å²) in [5.74, 6) is 0.0343. The second-order valence-corrected chi connectivity index (χ2v) is 8.39. The topological polar surface area (TPSA) is 17.1 Å². The molecule has 108 valence electrons. The van der Waals surface area contributed by atoms with Crippen LogP contribution in [0.15, 0.2) is 47.4 Å². The smallest absolute Gasteiger partial charge is 0.185 e. The highest BCUT2D eigenvalue weighted by atomic mass is 127. The Morgan fingerprint density at radius 3 is 2.29 bits per heavy atom. The SMILES string of the molecule is CSc1ccc(C(=O)/C=C/c2ccc(I)c(I)c2I)cc1. The molecule has 2 aromatic carbocycles. The van der Waals surface area contributed by atoms with Gasteiger partial charge in [0.25, 0.3) is 0 Å². The van der Waals surface area contributed by atoms with Gasteiger partial charge in [-0.2, -0.15) is 0 Å². The van der Waals surface area contributed by atoms with Gasteiger partial charge in [0.15, 0.2) is 5.78 Å². The molecule has 2 rings (SSSR count). The van der Waals surface area contributed by atoms with Crippen molar-refractivity contribution in [3.8, 4) is 0 Å². The van der Waals surface area contributed by atoms with Gasteiger partial charge in [-0.25, -0.2) is 0 Å². The number of halogens is 3. The first-order valence-electron chi connectivity index (χ1n) is 6.03. The maximum absolute atomic E-state index is 12.2. The van der Waals surface area contributed by atoms with Crippen molar-refractivity contribution in [1.29, 1.82) is 0 Å². The molecule has 0 atom stereocenters. The summed E-state index contributed by atoms with van der Waals surface area (Å²) in [6.07, 6.45) is 5.57. The molecule has 2 aromatic rings. The van der Waals surface area contributed by atoms with Crippen LogP contribution in [0.2, 0.25) is 0 Å². The van der Waals surface area contributed by atoms with Crippen molar-refractivity contribution in [2.24, 2.45) is 0 Å². The lowest BCUT2D eigenvalue weighted by Gasteiger charge is -2.04. The molecule has 0 N–H and O–H groups in total. The molecule has 5 heteroatoms. The lowest BCUT2D eigenvalue weighted by atomic mass is 10.1. The summed E-state index contributed by atoms with van der Waals surface area (Å²) in [6, 6.07) is 11.8. The minimum Gasteiger partial charge on any atom is -0.289 e. The van der Waals surface area contributed by atoms with E-state index >= 15 is 0 Å². The highest BCUT2D eigenvalue weighted by Gasteiger charge is 2.06. The maximum atomic E-state index is 12.2. The summed E-state index contributed by atoms with van der Waals surface area (Å²) in [7, 11) is 0. The zero-order valence-electron chi connectivity index (χ0n) is 11.1. The molecule has 0 aromatic heterocycles. The zero-order chi connectivity index (χ0) is 15.4. The number of benzene rings is 2. The Morgan fingerprint density at radius 1 is 1.00 bits per heavy atom. The Morgan fingerprint density at radius 2 is 1.67 bits per heavy atom. The van der Waals surface area contributed by atoms with Crippen LogP contribution in [0.4, 0.5) is 0 Å². The van der Waals surface area contributed by atoms with Crippen LogP contribution < -0.4 is 0 Å². The first-order valence-corrected chi connectivity index (χ1v) is 10.5. The zero-order valence-corrected chi connectivity index (χ0v) is 18.4. The van der Waals surface area contributed by atoms with Gasteiger partial charge in [-0.05, 0) is 122 Å². The van der Waals surface area contributed by atoms with Crippen LogP contribution in [0.1, 0.15) is 15.9 Å². The first-order chi connectivity index (χ1) is 10.0. The number of hydrogen-bond donors (Lipinski definition) is 0. The van der Waals surface area contributed by atoms with Gasteiger partial charge in [-0.15, -0.1) is 11.8 Å². The molecule has 0 unspecified atom stereocenters. The molecule has 0 aliphatic carbocycles. The van der Waals surface area contributed by atoms with Crippen molar-refractivity contribution in [3.63, 3.8) is 0 Å². The highest BCUT2D eigenvalue weighted by Crippen LogP contribution is 2.25. The molecular formula is C16H11I3OS. The van der Waals surface area contributed by atoms with Gasteiger partial charge in [-0.1, -0.05) is 6.07 Å². The number of carbonyl (C=O) groups excluding carboxylic acids is 1. The second-order valence-electron chi connectivity index (χ2n) is 4.19. The van der Waals surface area contributed by atoms with Gasteiger partial charge < -0.3 is 0 Å². The summed E-state index contributed by atoms with van der Waals surface area (Å²) in [6.45, 7) is 0. The fraction of sp³-hybridized carbons (Fsp3) is 0.0625. The van der Waals surface area contributed by atoms with Gasteiger partial charge in [0.05, 0.1) is 0 Å². The van der Waals surface area contributed by atoms with E-state index < -0.39 is 0 Å². The quantitative estimate of drug-likeness (QED) is 0.133. The number of allylic oxidation sites excluding steroid dienone is 1. The Labute approximate surface area is 169 Å². The third-order valence-electron chi connectivity index (χ3n) is 2.85. The second kappa shape index (κ2) is 8.30. The molecule has 0 amide bonds. The molecule has 0 saturated carbocycles. The van der Waals surface area contributed by atoms with Crippen molar-refractivity contribution >= 4 is 91.4 Å². The molecule has 21 heavy (non-hydrogen) atoms. The van der Waals surface area contributed by atoms with E-state index in [0.717, 1.165) is 16.0 Å². The molecule has 0 heterocycles. The molecule has 0 bridgehead atoms. The van der Waals surface area contributed by atoms with Crippen molar-refractivity contribution in [2.45, 2.75) is 4.90 Å². The Balaban J connectivity index is 2.20. The highest BCUT2D eigenvalue weighted by molar-refractivity contribution is 14.1. The number of rotatable bonds is 4. The Hall–Kier alpha value is 0.390. The number of ketones is 1. The van der Waals surface area contributed by atoms with Crippen LogP contribution in [0, 0.1) is 10.7 Å². The van der Waals surface area contributed by atoms with Crippen LogP contribution in [0.5, 0.6) is 0 Å². The summed E-state index contributed by atoms with van der Waals surface area (Å²) >= 11 is 8.65. The molecule has 0 aliphatic rings. The maximum Gasteiger partial charge on any atom is 0.185 e. The number of carbonyl (C=O) groups is 1. The molecule has 0 radical (unpaired) electrons. The van der Waals surface area contributed by atoms with E-state index in [2.05, 4.69) is 73.8 Å².